The molecule has 0 fully saturated rings. The lowest BCUT2D eigenvalue weighted by Gasteiger charge is -2.06. The van der Waals surface area contributed by atoms with Gasteiger partial charge in [-0.3, -0.25) is 4.79 Å². The van der Waals surface area contributed by atoms with Crippen LogP contribution >= 0.6 is 0 Å². The van der Waals surface area contributed by atoms with Gasteiger partial charge in [0.2, 0.25) is 0 Å². The Morgan fingerprint density at radius 1 is 1.12 bits per heavy atom. The summed E-state index contributed by atoms with van der Waals surface area (Å²) in [5.74, 6) is -2.29. The van der Waals surface area contributed by atoms with Gasteiger partial charge in [0.25, 0.3) is 5.91 Å². The molecule has 5 nitrogen and oxygen atoms in total. The molecule has 136 valence electrons. The molecule has 1 N–H and O–H groups in total. The van der Waals surface area contributed by atoms with Crippen LogP contribution in [0.5, 0.6) is 5.75 Å². The molecular weight excluding hydrogens is 344 g/mol. The number of anilines is 1. The van der Waals surface area contributed by atoms with Crippen LogP contribution in [0.4, 0.5) is 14.5 Å². The Bertz CT molecular complexity index is 804. The second-order valence-electron chi connectivity index (χ2n) is 5.12. The third kappa shape index (κ3) is 6.01. The van der Waals surface area contributed by atoms with Gasteiger partial charge < -0.3 is 14.8 Å². The summed E-state index contributed by atoms with van der Waals surface area (Å²) >= 11 is 0. The Hall–Kier alpha value is -3.22. The molecular formula is C19H17F2NO4. The Morgan fingerprint density at radius 3 is 2.54 bits per heavy atom. The Balaban J connectivity index is 1.82. The van der Waals surface area contributed by atoms with E-state index in [9.17, 15) is 18.4 Å². The van der Waals surface area contributed by atoms with E-state index in [0.717, 1.165) is 29.8 Å². The Labute approximate surface area is 149 Å². The van der Waals surface area contributed by atoms with Crippen molar-refractivity contribution in [2.24, 2.45) is 0 Å². The van der Waals surface area contributed by atoms with Crippen molar-refractivity contribution in [1.29, 1.82) is 0 Å². The van der Waals surface area contributed by atoms with E-state index in [1.807, 2.05) is 6.92 Å². The van der Waals surface area contributed by atoms with Gasteiger partial charge in [0.1, 0.15) is 17.4 Å². The summed E-state index contributed by atoms with van der Waals surface area (Å²) in [7, 11) is 0. The molecule has 0 radical (unpaired) electrons. The minimum Gasteiger partial charge on any atom is -0.494 e. The van der Waals surface area contributed by atoms with Gasteiger partial charge in [-0.25, -0.2) is 13.6 Å². The highest BCUT2D eigenvalue weighted by Crippen LogP contribution is 2.15. The second-order valence-corrected chi connectivity index (χ2v) is 5.12. The number of benzene rings is 2. The molecule has 0 saturated carbocycles. The molecule has 0 bridgehead atoms. The van der Waals surface area contributed by atoms with E-state index in [1.165, 1.54) is 6.08 Å². The molecule has 0 saturated heterocycles. The van der Waals surface area contributed by atoms with Crippen LogP contribution in [-0.4, -0.2) is 25.1 Å². The highest BCUT2D eigenvalue weighted by atomic mass is 19.1. The van der Waals surface area contributed by atoms with Crippen LogP contribution in [0.15, 0.2) is 48.5 Å². The maximum absolute atomic E-state index is 13.4. The van der Waals surface area contributed by atoms with Gasteiger partial charge in [-0.1, -0.05) is 12.1 Å². The van der Waals surface area contributed by atoms with Gasteiger partial charge in [0.05, 0.1) is 12.3 Å². The number of carbonyl (C=O) groups excluding carboxylic acids is 2. The number of hydrogen-bond donors (Lipinski definition) is 1. The third-order valence-electron chi connectivity index (χ3n) is 3.15. The molecule has 0 atom stereocenters. The van der Waals surface area contributed by atoms with Crippen molar-refractivity contribution < 1.29 is 27.8 Å². The second kappa shape index (κ2) is 9.31. The zero-order chi connectivity index (χ0) is 18.9. The summed E-state index contributed by atoms with van der Waals surface area (Å²) in [5, 5.41) is 2.13. The third-order valence-corrected chi connectivity index (χ3v) is 3.15. The number of ether oxygens (including phenoxy) is 2. The molecule has 0 unspecified atom stereocenters. The molecule has 26 heavy (non-hydrogen) atoms. The van der Waals surface area contributed by atoms with Crippen LogP contribution in [0.2, 0.25) is 0 Å². The fourth-order valence-corrected chi connectivity index (χ4v) is 1.97. The maximum Gasteiger partial charge on any atom is 0.331 e. The average Bonchev–Trinajstić information content (AvgIpc) is 2.63. The molecule has 0 heterocycles. The van der Waals surface area contributed by atoms with Gasteiger partial charge in [-0.05, 0) is 42.8 Å². The topological polar surface area (TPSA) is 64.6 Å². The van der Waals surface area contributed by atoms with Gasteiger partial charge >= 0.3 is 5.97 Å². The Morgan fingerprint density at radius 2 is 1.85 bits per heavy atom. The standard InChI is InChI=1S/C19H17F2NO4/c1-2-25-15-7-3-13(4-8-15)5-10-19(24)26-12-18(23)22-17-11-14(20)6-9-16(17)21/h3-11H,2,12H2,1H3,(H,22,23)/b10-5+. The first-order valence-corrected chi connectivity index (χ1v) is 7.80. The van der Waals surface area contributed by atoms with Crippen LogP contribution in [0.25, 0.3) is 6.08 Å². The molecule has 2 rings (SSSR count). The van der Waals surface area contributed by atoms with E-state index < -0.39 is 30.1 Å². The number of esters is 1. The highest BCUT2D eigenvalue weighted by molar-refractivity contribution is 5.94. The summed E-state index contributed by atoms with van der Waals surface area (Å²) < 4.78 is 36.5. The minimum atomic E-state index is -0.790. The number of carbonyl (C=O) groups is 2. The molecule has 0 spiro atoms. The maximum atomic E-state index is 13.4. The average molecular weight is 361 g/mol. The highest BCUT2D eigenvalue weighted by Gasteiger charge is 2.10. The van der Waals surface area contributed by atoms with Crippen molar-refractivity contribution in [3.8, 4) is 5.75 Å². The molecule has 1 amide bonds. The zero-order valence-corrected chi connectivity index (χ0v) is 14.0. The largest absolute Gasteiger partial charge is 0.494 e. The first kappa shape index (κ1) is 19.1. The first-order valence-electron chi connectivity index (χ1n) is 7.80. The lowest BCUT2D eigenvalue weighted by Crippen LogP contribution is -2.20. The van der Waals surface area contributed by atoms with Gasteiger partial charge in [0, 0.05) is 12.1 Å². The molecule has 2 aromatic carbocycles. The van der Waals surface area contributed by atoms with Crippen LogP contribution in [0, 0.1) is 11.6 Å². The van der Waals surface area contributed by atoms with Crippen molar-refractivity contribution in [1.82, 2.24) is 0 Å². The van der Waals surface area contributed by atoms with Crippen molar-refractivity contribution >= 4 is 23.6 Å². The summed E-state index contributed by atoms with van der Waals surface area (Å²) in [4.78, 5) is 23.3. The number of hydrogen-bond acceptors (Lipinski definition) is 4. The molecule has 0 aromatic heterocycles. The monoisotopic (exact) mass is 361 g/mol. The van der Waals surface area contributed by atoms with Gasteiger partial charge in [-0.2, -0.15) is 0 Å². The smallest absolute Gasteiger partial charge is 0.331 e. The van der Waals surface area contributed by atoms with Crippen molar-refractivity contribution in [3.05, 3.63) is 65.7 Å². The van der Waals surface area contributed by atoms with E-state index in [1.54, 1.807) is 24.3 Å². The molecule has 0 aliphatic carbocycles. The SMILES string of the molecule is CCOc1ccc(/C=C/C(=O)OCC(=O)Nc2cc(F)ccc2F)cc1. The number of amides is 1. The Kier molecular flexibility index (Phi) is 6.84. The molecule has 0 aliphatic heterocycles. The van der Waals surface area contributed by atoms with Crippen LogP contribution in [0.1, 0.15) is 12.5 Å². The van der Waals surface area contributed by atoms with Crippen molar-refractivity contribution in [2.45, 2.75) is 6.92 Å². The minimum absolute atomic E-state index is 0.323. The number of nitrogens with one attached hydrogen (secondary N) is 1. The first-order chi connectivity index (χ1) is 12.5. The summed E-state index contributed by atoms with van der Waals surface area (Å²) in [6.07, 6.45) is 2.67. The van der Waals surface area contributed by atoms with Crippen molar-refractivity contribution in [2.75, 3.05) is 18.5 Å². The summed E-state index contributed by atoms with van der Waals surface area (Å²) in [5.41, 5.74) is 0.424. The molecule has 2 aromatic rings. The van der Waals surface area contributed by atoms with Crippen LogP contribution in [0.3, 0.4) is 0 Å². The predicted molar refractivity (Wildman–Crippen MR) is 92.6 cm³/mol. The normalized spacial score (nSPS) is 10.6. The summed E-state index contributed by atoms with van der Waals surface area (Å²) in [6.45, 7) is 1.81. The van der Waals surface area contributed by atoms with E-state index in [-0.39, 0.29) is 5.69 Å². The summed E-state index contributed by atoms with van der Waals surface area (Å²) in [6, 6.07) is 9.68. The molecule has 7 heteroatoms. The van der Waals surface area contributed by atoms with E-state index in [0.29, 0.717) is 12.4 Å². The fraction of sp³-hybridized carbons (Fsp3) is 0.158. The number of halogens is 2. The van der Waals surface area contributed by atoms with Crippen LogP contribution in [-0.2, 0) is 14.3 Å². The molecule has 0 aliphatic rings. The lowest BCUT2D eigenvalue weighted by molar-refractivity contribution is -0.142. The fourth-order valence-electron chi connectivity index (χ4n) is 1.97. The van der Waals surface area contributed by atoms with Gasteiger partial charge in [-0.15, -0.1) is 0 Å². The number of rotatable bonds is 7. The van der Waals surface area contributed by atoms with E-state index in [2.05, 4.69) is 5.32 Å². The quantitative estimate of drug-likeness (QED) is 0.605. The van der Waals surface area contributed by atoms with Crippen molar-refractivity contribution in [3.63, 3.8) is 0 Å². The predicted octanol–water partition coefficient (Wildman–Crippen LogP) is 3.56. The van der Waals surface area contributed by atoms with E-state index in [4.69, 9.17) is 9.47 Å². The lowest BCUT2D eigenvalue weighted by atomic mass is 10.2. The van der Waals surface area contributed by atoms with Gasteiger partial charge in [0.15, 0.2) is 6.61 Å². The van der Waals surface area contributed by atoms with E-state index >= 15 is 0 Å². The van der Waals surface area contributed by atoms with Crippen LogP contribution < -0.4 is 10.1 Å². The zero-order valence-electron chi connectivity index (χ0n) is 14.0.